The van der Waals surface area contributed by atoms with Gasteiger partial charge in [-0.05, 0) is 12.0 Å². The highest BCUT2D eigenvalue weighted by Gasteiger charge is 2.22. The van der Waals surface area contributed by atoms with Crippen LogP contribution in [0.5, 0.6) is 0 Å². The summed E-state index contributed by atoms with van der Waals surface area (Å²) in [5.74, 6) is 0.802. The highest BCUT2D eigenvalue weighted by atomic mass is 35.5. The maximum Gasteiger partial charge on any atom is 0.134 e. The Morgan fingerprint density at radius 1 is 1.25 bits per heavy atom. The average Bonchev–Trinajstić information content (AvgIpc) is 2.87. The fraction of sp³-hybridized carbons (Fsp3) is 0.333. The first-order valence-corrected chi connectivity index (χ1v) is 7.18. The number of halogens is 1. The van der Waals surface area contributed by atoms with Gasteiger partial charge < -0.3 is 5.32 Å². The minimum Gasteiger partial charge on any atom is -0.366 e. The molecule has 2 aromatic rings. The highest BCUT2D eigenvalue weighted by molar-refractivity contribution is 6.29. The molecule has 1 fully saturated rings. The predicted molar refractivity (Wildman–Crippen MR) is 80.8 cm³/mol. The lowest BCUT2D eigenvalue weighted by molar-refractivity contribution is 0.328. The third kappa shape index (κ3) is 3.46. The fourth-order valence-electron chi connectivity index (χ4n) is 2.56. The molecule has 104 valence electrons. The van der Waals surface area contributed by atoms with Crippen LogP contribution in [0.25, 0.3) is 0 Å². The Morgan fingerprint density at radius 3 is 2.90 bits per heavy atom. The minimum absolute atomic E-state index is 0.421. The fourth-order valence-corrected chi connectivity index (χ4v) is 2.70. The van der Waals surface area contributed by atoms with Crippen LogP contribution in [-0.2, 0) is 6.54 Å². The molecular formula is C15H17ClN4. The van der Waals surface area contributed by atoms with E-state index in [4.69, 9.17) is 11.6 Å². The largest absolute Gasteiger partial charge is 0.366 e. The first-order chi connectivity index (χ1) is 9.79. The summed E-state index contributed by atoms with van der Waals surface area (Å²) >= 11 is 5.86. The summed E-state index contributed by atoms with van der Waals surface area (Å²) in [5, 5.41) is 3.89. The Labute approximate surface area is 123 Å². The molecule has 0 saturated carbocycles. The first-order valence-electron chi connectivity index (χ1n) is 6.80. The van der Waals surface area contributed by atoms with E-state index in [0.29, 0.717) is 11.2 Å². The van der Waals surface area contributed by atoms with Gasteiger partial charge in [-0.25, -0.2) is 9.97 Å². The van der Waals surface area contributed by atoms with Gasteiger partial charge >= 0.3 is 0 Å². The number of aromatic nitrogens is 2. The van der Waals surface area contributed by atoms with Gasteiger partial charge in [-0.15, -0.1) is 0 Å². The van der Waals surface area contributed by atoms with Gasteiger partial charge in [0.05, 0.1) is 0 Å². The van der Waals surface area contributed by atoms with E-state index in [2.05, 4.69) is 50.5 Å². The number of nitrogens with one attached hydrogen (secondary N) is 1. The predicted octanol–water partition coefficient (Wildman–Crippen LogP) is 2.82. The molecule has 0 amide bonds. The van der Waals surface area contributed by atoms with Gasteiger partial charge in [0.15, 0.2) is 0 Å². The molecule has 0 radical (unpaired) electrons. The lowest BCUT2D eigenvalue weighted by atomic mass is 10.2. The van der Waals surface area contributed by atoms with Gasteiger partial charge in [0.2, 0.25) is 0 Å². The van der Waals surface area contributed by atoms with Crippen molar-refractivity contribution in [3.05, 3.63) is 53.4 Å². The molecule has 0 aliphatic carbocycles. The van der Waals surface area contributed by atoms with E-state index in [9.17, 15) is 0 Å². The molecule has 0 spiro atoms. The van der Waals surface area contributed by atoms with Gasteiger partial charge in [-0.2, -0.15) is 0 Å². The van der Waals surface area contributed by atoms with Crippen molar-refractivity contribution < 1.29 is 0 Å². The second-order valence-corrected chi connectivity index (χ2v) is 5.46. The lowest BCUT2D eigenvalue weighted by Crippen LogP contribution is -2.26. The molecule has 0 bridgehead atoms. The third-order valence-electron chi connectivity index (χ3n) is 3.51. The zero-order chi connectivity index (χ0) is 13.8. The third-order valence-corrected chi connectivity index (χ3v) is 3.71. The Hall–Kier alpha value is -1.65. The van der Waals surface area contributed by atoms with Gasteiger partial charge in [0.25, 0.3) is 0 Å². The topological polar surface area (TPSA) is 41.0 Å². The van der Waals surface area contributed by atoms with Crippen LogP contribution in [0.4, 0.5) is 5.82 Å². The number of likely N-dealkylation sites (tertiary alicyclic amines) is 1. The van der Waals surface area contributed by atoms with Crippen LogP contribution in [0.1, 0.15) is 12.0 Å². The average molecular weight is 289 g/mol. The van der Waals surface area contributed by atoms with Crippen molar-refractivity contribution in [1.29, 1.82) is 0 Å². The number of benzene rings is 1. The smallest absolute Gasteiger partial charge is 0.134 e. The summed E-state index contributed by atoms with van der Waals surface area (Å²) in [6.07, 6.45) is 2.61. The van der Waals surface area contributed by atoms with Crippen molar-refractivity contribution in [2.24, 2.45) is 0 Å². The van der Waals surface area contributed by atoms with Crippen molar-refractivity contribution in [1.82, 2.24) is 14.9 Å². The summed E-state index contributed by atoms with van der Waals surface area (Å²) in [6, 6.07) is 12.8. The van der Waals surface area contributed by atoms with E-state index in [1.54, 1.807) is 6.07 Å². The van der Waals surface area contributed by atoms with Crippen LogP contribution in [0, 0.1) is 0 Å². The van der Waals surface area contributed by atoms with Crippen LogP contribution in [0.3, 0.4) is 0 Å². The Bertz CT molecular complexity index is 561. The summed E-state index contributed by atoms with van der Waals surface area (Å²) in [7, 11) is 0. The summed E-state index contributed by atoms with van der Waals surface area (Å²) in [4.78, 5) is 10.5. The van der Waals surface area contributed by atoms with Crippen molar-refractivity contribution in [3.63, 3.8) is 0 Å². The summed E-state index contributed by atoms with van der Waals surface area (Å²) in [5.41, 5.74) is 1.36. The standard InChI is InChI=1S/C15H17ClN4/c16-14-8-15(18-11-17-14)19-13-6-7-20(10-13)9-12-4-2-1-3-5-12/h1-5,8,11,13H,6-7,9-10H2,(H,17,18,19)/t13-/m1/s1. The molecule has 5 heteroatoms. The quantitative estimate of drug-likeness (QED) is 0.879. The van der Waals surface area contributed by atoms with Crippen LogP contribution in [0.15, 0.2) is 42.7 Å². The molecule has 3 rings (SSSR count). The molecule has 20 heavy (non-hydrogen) atoms. The van der Waals surface area contributed by atoms with E-state index >= 15 is 0 Å². The zero-order valence-corrected chi connectivity index (χ0v) is 11.9. The maximum atomic E-state index is 5.86. The van der Waals surface area contributed by atoms with Crippen LogP contribution >= 0.6 is 11.6 Å². The molecule has 1 aromatic heterocycles. The van der Waals surface area contributed by atoms with E-state index in [0.717, 1.165) is 31.9 Å². The Morgan fingerprint density at radius 2 is 2.10 bits per heavy atom. The summed E-state index contributed by atoms with van der Waals surface area (Å²) < 4.78 is 0. The molecule has 1 saturated heterocycles. The van der Waals surface area contributed by atoms with E-state index in [1.165, 1.54) is 11.9 Å². The molecule has 1 aliphatic heterocycles. The maximum absolute atomic E-state index is 5.86. The Balaban J connectivity index is 1.54. The van der Waals surface area contributed by atoms with Crippen molar-refractivity contribution in [2.75, 3.05) is 18.4 Å². The molecule has 4 nitrogen and oxygen atoms in total. The lowest BCUT2D eigenvalue weighted by Gasteiger charge is -2.17. The molecule has 1 aliphatic rings. The molecule has 1 N–H and O–H groups in total. The van der Waals surface area contributed by atoms with Gasteiger partial charge in [-0.1, -0.05) is 41.9 Å². The molecule has 1 aromatic carbocycles. The van der Waals surface area contributed by atoms with Crippen molar-refractivity contribution in [3.8, 4) is 0 Å². The minimum atomic E-state index is 0.421. The van der Waals surface area contributed by atoms with Crippen LogP contribution < -0.4 is 5.32 Å². The number of hydrogen-bond acceptors (Lipinski definition) is 4. The SMILES string of the molecule is Clc1cc(N[C@@H]2CCN(Cc3ccccc3)C2)ncn1. The molecular weight excluding hydrogens is 272 g/mol. The highest BCUT2D eigenvalue weighted by Crippen LogP contribution is 2.17. The molecule has 2 heterocycles. The zero-order valence-electron chi connectivity index (χ0n) is 11.2. The number of nitrogens with zero attached hydrogens (tertiary/aromatic N) is 3. The van der Waals surface area contributed by atoms with E-state index in [1.807, 2.05) is 0 Å². The summed E-state index contributed by atoms with van der Waals surface area (Å²) in [6.45, 7) is 3.13. The Kier molecular flexibility index (Phi) is 4.14. The number of hydrogen-bond donors (Lipinski definition) is 1. The number of rotatable bonds is 4. The van der Waals surface area contributed by atoms with Gasteiger partial charge in [0.1, 0.15) is 17.3 Å². The van der Waals surface area contributed by atoms with Crippen LogP contribution in [-0.4, -0.2) is 34.0 Å². The van der Waals surface area contributed by atoms with Crippen molar-refractivity contribution in [2.45, 2.75) is 19.0 Å². The second kappa shape index (κ2) is 6.20. The normalized spacial score (nSPS) is 19.1. The number of anilines is 1. The molecule has 1 atom stereocenters. The van der Waals surface area contributed by atoms with Gasteiger partial charge in [0, 0.05) is 31.7 Å². The monoisotopic (exact) mass is 288 g/mol. The van der Waals surface area contributed by atoms with Gasteiger partial charge in [-0.3, -0.25) is 4.90 Å². The van der Waals surface area contributed by atoms with Crippen LogP contribution in [0.2, 0.25) is 5.15 Å². The first kappa shape index (κ1) is 13.3. The van der Waals surface area contributed by atoms with E-state index in [-0.39, 0.29) is 0 Å². The van der Waals surface area contributed by atoms with E-state index < -0.39 is 0 Å². The van der Waals surface area contributed by atoms with Crippen molar-refractivity contribution >= 4 is 17.4 Å². The second-order valence-electron chi connectivity index (χ2n) is 5.08. The molecule has 0 unspecified atom stereocenters.